The van der Waals surface area contributed by atoms with Crippen LogP contribution in [0.1, 0.15) is 19.4 Å². The van der Waals surface area contributed by atoms with Crippen LogP contribution in [0.3, 0.4) is 0 Å². The normalized spacial score (nSPS) is 11.5. The molecule has 0 aromatic carbocycles. The maximum atomic E-state index is 11.1. The number of primary amides is 1. The molecule has 5 heteroatoms. The fourth-order valence-electron chi connectivity index (χ4n) is 1.14. The molecule has 1 aromatic rings. The molecular formula is C10H12Cl2N2O. The van der Waals surface area contributed by atoms with Gasteiger partial charge < -0.3 is 5.73 Å². The summed E-state index contributed by atoms with van der Waals surface area (Å²) >= 11 is 11.6. The van der Waals surface area contributed by atoms with Crippen LogP contribution in [0.5, 0.6) is 0 Å². The van der Waals surface area contributed by atoms with Gasteiger partial charge in [0, 0.05) is 5.41 Å². The first-order valence-corrected chi connectivity index (χ1v) is 5.19. The number of hydrogen-bond acceptors (Lipinski definition) is 2. The first-order chi connectivity index (χ1) is 6.83. The van der Waals surface area contributed by atoms with E-state index in [4.69, 9.17) is 28.9 Å². The number of amides is 1. The van der Waals surface area contributed by atoms with Gasteiger partial charge >= 0.3 is 0 Å². The van der Waals surface area contributed by atoms with Gasteiger partial charge in [-0.3, -0.25) is 4.79 Å². The van der Waals surface area contributed by atoms with E-state index in [0.717, 1.165) is 5.56 Å². The van der Waals surface area contributed by atoms with Crippen LogP contribution in [0.4, 0.5) is 0 Å². The molecule has 1 aromatic heterocycles. The third-order valence-electron chi connectivity index (χ3n) is 2.19. The number of nitrogens with zero attached hydrogens (tertiary/aromatic N) is 1. The molecule has 0 radical (unpaired) electrons. The van der Waals surface area contributed by atoms with Crippen molar-refractivity contribution in [1.29, 1.82) is 0 Å². The summed E-state index contributed by atoms with van der Waals surface area (Å²) in [7, 11) is 0. The number of carbonyl (C=O) groups excluding carboxylic acids is 1. The van der Waals surface area contributed by atoms with Crippen LogP contribution >= 0.6 is 23.2 Å². The molecule has 1 rings (SSSR count). The van der Waals surface area contributed by atoms with Gasteiger partial charge in [-0.15, -0.1) is 0 Å². The fourth-order valence-corrected chi connectivity index (χ4v) is 1.55. The van der Waals surface area contributed by atoms with Gasteiger partial charge in [0.1, 0.15) is 10.3 Å². The molecule has 1 amide bonds. The fraction of sp³-hybridized carbons (Fsp3) is 0.400. The number of aromatic nitrogens is 1. The van der Waals surface area contributed by atoms with Gasteiger partial charge in [0.2, 0.25) is 5.91 Å². The number of halogens is 2. The second kappa shape index (κ2) is 4.37. The molecule has 0 bridgehead atoms. The van der Waals surface area contributed by atoms with E-state index in [1.165, 1.54) is 0 Å². The molecule has 0 saturated carbocycles. The van der Waals surface area contributed by atoms with Gasteiger partial charge in [-0.25, -0.2) is 4.98 Å². The van der Waals surface area contributed by atoms with Gasteiger partial charge in [-0.1, -0.05) is 43.1 Å². The van der Waals surface area contributed by atoms with E-state index in [2.05, 4.69) is 4.98 Å². The molecule has 1 heterocycles. The second-order valence-corrected chi connectivity index (χ2v) is 4.75. The molecule has 0 aliphatic rings. The highest BCUT2D eigenvalue weighted by molar-refractivity contribution is 6.32. The maximum absolute atomic E-state index is 11.1. The summed E-state index contributed by atoms with van der Waals surface area (Å²) in [5.41, 5.74) is 5.40. The summed E-state index contributed by atoms with van der Waals surface area (Å²) in [5, 5.41) is 0.650. The topological polar surface area (TPSA) is 56.0 Å². The lowest BCUT2D eigenvalue weighted by Gasteiger charge is -2.20. The molecule has 2 N–H and O–H groups in total. The van der Waals surface area contributed by atoms with Crippen LogP contribution < -0.4 is 5.73 Å². The Labute approximate surface area is 98.6 Å². The van der Waals surface area contributed by atoms with Crippen molar-refractivity contribution >= 4 is 29.1 Å². The van der Waals surface area contributed by atoms with Gasteiger partial charge in [-0.2, -0.15) is 0 Å². The zero-order valence-corrected chi connectivity index (χ0v) is 10.1. The van der Waals surface area contributed by atoms with Crippen molar-refractivity contribution in [2.75, 3.05) is 0 Å². The molecule has 0 aliphatic heterocycles. The van der Waals surface area contributed by atoms with Crippen LogP contribution in [0, 0.1) is 5.41 Å². The summed E-state index contributed by atoms with van der Waals surface area (Å²) in [6.45, 7) is 3.53. The Balaban J connectivity index is 2.95. The number of carbonyl (C=O) groups is 1. The van der Waals surface area contributed by atoms with Crippen LogP contribution in [0.25, 0.3) is 0 Å². The standard InChI is InChI=1S/C10H12Cl2N2O/c1-10(2,9(13)15)5-6-3-4-7(11)14-8(6)12/h3-4H,5H2,1-2H3,(H2,13,15). The van der Waals surface area contributed by atoms with Crippen molar-refractivity contribution in [3.8, 4) is 0 Å². The predicted octanol–water partition coefficient (Wildman–Crippen LogP) is 2.44. The third kappa shape index (κ3) is 3.08. The van der Waals surface area contributed by atoms with E-state index in [-0.39, 0.29) is 5.91 Å². The highest BCUT2D eigenvalue weighted by Crippen LogP contribution is 2.26. The number of hydrogen-bond donors (Lipinski definition) is 1. The molecule has 0 fully saturated rings. The molecule has 0 spiro atoms. The zero-order chi connectivity index (χ0) is 11.6. The highest BCUT2D eigenvalue weighted by atomic mass is 35.5. The van der Waals surface area contributed by atoms with Crippen molar-refractivity contribution in [2.45, 2.75) is 20.3 Å². The Hall–Kier alpha value is -0.800. The predicted molar refractivity (Wildman–Crippen MR) is 60.9 cm³/mol. The first kappa shape index (κ1) is 12.3. The van der Waals surface area contributed by atoms with Crippen molar-refractivity contribution in [3.05, 3.63) is 28.0 Å². The minimum atomic E-state index is -0.640. The van der Waals surface area contributed by atoms with E-state index in [0.29, 0.717) is 16.7 Å². The second-order valence-electron chi connectivity index (χ2n) is 4.01. The van der Waals surface area contributed by atoms with Crippen LogP contribution in [-0.2, 0) is 11.2 Å². The maximum Gasteiger partial charge on any atom is 0.223 e. The lowest BCUT2D eigenvalue weighted by atomic mass is 9.85. The Morgan fingerprint density at radius 2 is 2.07 bits per heavy atom. The number of pyridine rings is 1. The number of nitrogens with two attached hydrogens (primary N) is 1. The molecule has 0 saturated heterocycles. The SMILES string of the molecule is CC(C)(Cc1ccc(Cl)nc1Cl)C(N)=O. The molecular weight excluding hydrogens is 235 g/mol. The van der Waals surface area contributed by atoms with Crippen molar-refractivity contribution in [2.24, 2.45) is 11.1 Å². The van der Waals surface area contributed by atoms with Gasteiger partial charge in [0.15, 0.2) is 0 Å². The number of rotatable bonds is 3. The molecule has 0 unspecified atom stereocenters. The van der Waals surface area contributed by atoms with Crippen LogP contribution in [0.2, 0.25) is 10.3 Å². The Bertz CT molecular complexity index is 391. The average Bonchev–Trinajstić information content (AvgIpc) is 2.09. The smallest absolute Gasteiger partial charge is 0.223 e. The molecule has 3 nitrogen and oxygen atoms in total. The Kier molecular flexibility index (Phi) is 3.58. The van der Waals surface area contributed by atoms with E-state index in [1.54, 1.807) is 26.0 Å². The van der Waals surface area contributed by atoms with E-state index in [9.17, 15) is 4.79 Å². The summed E-state index contributed by atoms with van der Waals surface area (Å²) in [6, 6.07) is 3.39. The highest BCUT2D eigenvalue weighted by Gasteiger charge is 2.26. The van der Waals surface area contributed by atoms with E-state index >= 15 is 0 Å². The largest absolute Gasteiger partial charge is 0.369 e. The van der Waals surface area contributed by atoms with Gasteiger partial charge in [0.25, 0.3) is 0 Å². The summed E-state index contributed by atoms with van der Waals surface area (Å²) in [6.07, 6.45) is 0.450. The summed E-state index contributed by atoms with van der Waals surface area (Å²) < 4.78 is 0. The van der Waals surface area contributed by atoms with Crippen LogP contribution in [0.15, 0.2) is 12.1 Å². The summed E-state index contributed by atoms with van der Waals surface area (Å²) in [4.78, 5) is 15.0. The summed E-state index contributed by atoms with van der Waals surface area (Å²) in [5.74, 6) is -0.367. The molecule has 82 valence electrons. The van der Waals surface area contributed by atoms with E-state index < -0.39 is 5.41 Å². The minimum Gasteiger partial charge on any atom is -0.369 e. The van der Waals surface area contributed by atoms with Crippen molar-refractivity contribution in [1.82, 2.24) is 4.98 Å². The zero-order valence-electron chi connectivity index (χ0n) is 8.55. The average molecular weight is 247 g/mol. The first-order valence-electron chi connectivity index (χ1n) is 4.44. The Morgan fingerprint density at radius 3 is 2.53 bits per heavy atom. The van der Waals surface area contributed by atoms with Gasteiger partial charge in [-0.05, 0) is 18.1 Å². The van der Waals surface area contributed by atoms with Crippen LogP contribution in [-0.4, -0.2) is 10.9 Å². The van der Waals surface area contributed by atoms with Crippen molar-refractivity contribution < 1.29 is 4.79 Å². The lowest BCUT2D eigenvalue weighted by molar-refractivity contribution is -0.125. The van der Waals surface area contributed by atoms with Gasteiger partial charge in [0.05, 0.1) is 0 Å². The van der Waals surface area contributed by atoms with E-state index in [1.807, 2.05) is 0 Å². The quantitative estimate of drug-likeness (QED) is 0.834. The minimum absolute atomic E-state index is 0.317. The third-order valence-corrected chi connectivity index (χ3v) is 2.73. The molecule has 15 heavy (non-hydrogen) atoms. The lowest BCUT2D eigenvalue weighted by Crippen LogP contribution is -2.33. The molecule has 0 atom stereocenters. The molecule has 0 aliphatic carbocycles. The van der Waals surface area contributed by atoms with Crippen molar-refractivity contribution in [3.63, 3.8) is 0 Å². The monoisotopic (exact) mass is 246 g/mol. The Morgan fingerprint density at radius 1 is 1.47 bits per heavy atom.